The molecule has 1 unspecified atom stereocenters. The van der Waals surface area contributed by atoms with Crippen LogP contribution in [0.4, 0.5) is 0 Å². The largest absolute Gasteiger partial charge is 0.259 e. The summed E-state index contributed by atoms with van der Waals surface area (Å²) in [4.78, 5) is 0. The van der Waals surface area contributed by atoms with Gasteiger partial charge in [0.05, 0.1) is 17.6 Å². The molecule has 0 saturated heterocycles. The van der Waals surface area contributed by atoms with Crippen molar-refractivity contribution in [1.82, 2.24) is 9.78 Å². The van der Waals surface area contributed by atoms with Crippen molar-refractivity contribution in [2.24, 2.45) is 0 Å². The Labute approximate surface area is 137 Å². The highest BCUT2D eigenvalue weighted by atomic mass is 35.5. The molecule has 3 aromatic rings. The first-order chi connectivity index (χ1) is 10.7. The van der Waals surface area contributed by atoms with Crippen molar-refractivity contribution in [3.05, 3.63) is 83.1 Å². The molecule has 0 fully saturated rings. The van der Waals surface area contributed by atoms with E-state index < -0.39 is 10.8 Å². The molecule has 0 aliphatic heterocycles. The standard InChI is InChI=1S/C17H15ClN2OS/c18-16-6-4-5-14(9-16)12-22(21)13-15-10-19-20(11-15)17-7-2-1-3-8-17/h1-11H,12-13H2. The van der Waals surface area contributed by atoms with Crippen LogP contribution in [-0.2, 0) is 22.3 Å². The van der Waals surface area contributed by atoms with Crippen LogP contribution in [0, 0.1) is 0 Å². The Morgan fingerprint density at radius 3 is 2.55 bits per heavy atom. The van der Waals surface area contributed by atoms with Crippen molar-refractivity contribution in [3.63, 3.8) is 0 Å². The molecule has 3 rings (SSSR count). The van der Waals surface area contributed by atoms with Gasteiger partial charge in [-0.3, -0.25) is 4.21 Å². The fraction of sp³-hybridized carbons (Fsp3) is 0.118. The minimum absolute atomic E-state index is 0.485. The van der Waals surface area contributed by atoms with Crippen LogP contribution < -0.4 is 0 Å². The zero-order chi connectivity index (χ0) is 15.4. The third kappa shape index (κ3) is 3.84. The number of halogens is 1. The maximum atomic E-state index is 12.3. The van der Waals surface area contributed by atoms with Gasteiger partial charge in [-0.05, 0) is 29.8 Å². The molecule has 0 saturated carbocycles. The Balaban J connectivity index is 1.66. The van der Waals surface area contributed by atoms with E-state index in [4.69, 9.17) is 11.6 Å². The number of hydrogen-bond acceptors (Lipinski definition) is 2. The fourth-order valence-electron chi connectivity index (χ4n) is 2.21. The first kappa shape index (κ1) is 15.0. The van der Waals surface area contributed by atoms with Crippen LogP contribution in [0.3, 0.4) is 0 Å². The Hall–Kier alpha value is -1.91. The maximum Gasteiger partial charge on any atom is 0.0645 e. The summed E-state index contributed by atoms with van der Waals surface area (Å²) in [6.45, 7) is 0. The molecular weight excluding hydrogens is 316 g/mol. The smallest absolute Gasteiger partial charge is 0.0645 e. The minimum atomic E-state index is -0.985. The lowest BCUT2D eigenvalue weighted by Crippen LogP contribution is -1.99. The van der Waals surface area contributed by atoms with Gasteiger partial charge in [-0.15, -0.1) is 0 Å². The first-order valence-corrected chi connectivity index (χ1v) is 8.76. The van der Waals surface area contributed by atoms with Crippen molar-refractivity contribution >= 4 is 22.4 Å². The molecule has 1 atom stereocenters. The minimum Gasteiger partial charge on any atom is -0.259 e. The maximum absolute atomic E-state index is 12.3. The van der Waals surface area contributed by atoms with Crippen molar-refractivity contribution in [1.29, 1.82) is 0 Å². The van der Waals surface area contributed by atoms with Gasteiger partial charge in [-0.25, -0.2) is 4.68 Å². The molecule has 0 amide bonds. The molecule has 22 heavy (non-hydrogen) atoms. The summed E-state index contributed by atoms with van der Waals surface area (Å²) in [7, 11) is -0.985. The van der Waals surface area contributed by atoms with Gasteiger partial charge < -0.3 is 0 Å². The van der Waals surface area contributed by atoms with E-state index in [2.05, 4.69) is 5.10 Å². The lowest BCUT2D eigenvalue weighted by molar-refractivity contribution is 0.682. The van der Waals surface area contributed by atoms with Crippen LogP contribution in [0.1, 0.15) is 11.1 Å². The SMILES string of the molecule is O=S(Cc1cccc(Cl)c1)Cc1cnn(-c2ccccc2)c1. The van der Waals surface area contributed by atoms with Gasteiger partial charge >= 0.3 is 0 Å². The van der Waals surface area contributed by atoms with Gasteiger partial charge in [0.1, 0.15) is 0 Å². The summed E-state index contributed by atoms with van der Waals surface area (Å²) in [5.41, 5.74) is 2.94. The molecule has 1 heterocycles. The fourth-order valence-corrected chi connectivity index (χ4v) is 3.59. The zero-order valence-corrected chi connectivity index (χ0v) is 13.4. The van der Waals surface area contributed by atoms with E-state index in [-0.39, 0.29) is 0 Å². The van der Waals surface area contributed by atoms with E-state index in [0.29, 0.717) is 16.5 Å². The normalized spacial score (nSPS) is 12.2. The summed E-state index contributed by atoms with van der Waals surface area (Å²) < 4.78 is 14.1. The molecule has 0 aliphatic carbocycles. The lowest BCUT2D eigenvalue weighted by atomic mass is 10.2. The van der Waals surface area contributed by atoms with E-state index in [1.54, 1.807) is 10.9 Å². The molecule has 5 heteroatoms. The number of aromatic nitrogens is 2. The van der Waals surface area contributed by atoms with Crippen LogP contribution in [0.15, 0.2) is 67.0 Å². The number of nitrogens with zero attached hydrogens (tertiary/aromatic N) is 2. The van der Waals surface area contributed by atoms with Gasteiger partial charge in [0.25, 0.3) is 0 Å². The molecule has 0 bridgehead atoms. The predicted molar refractivity (Wildman–Crippen MR) is 90.6 cm³/mol. The molecule has 2 aromatic carbocycles. The van der Waals surface area contributed by atoms with Crippen LogP contribution in [-0.4, -0.2) is 14.0 Å². The lowest BCUT2D eigenvalue weighted by Gasteiger charge is -2.02. The number of rotatable bonds is 5. The topological polar surface area (TPSA) is 34.9 Å². The molecule has 1 aromatic heterocycles. The van der Waals surface area contributed by atoms with E-state index in [1.165, 1.54) is 0 Å². The van der Waals surface area contributed by atoms with Gasteiger partial charge in [0, 0.05) is 33.3 Å². The van der Waals surface area contributed by atoms with Crippen LogP contribution in [0.25, 0.3) is 5.69 Å². The van der Waals surface area contributed by atoms with Crippen molar-refractivity contribution < 1.29 is 4.21 Å². The Bertz CT molecular complexity index is 786. The van der Waals surface area contributed by atoms with Gasteiger partial charge in [-0.1, -0.05) is 41.9 Å². The highest BCUT2D eigenvalue weighted by Gasteiger charge is 2.07. The van der Waals surface area contributed by atoms with Crippen molar-refractivity contribution in [2.75, 3.05) is 0 Å². The Morgan fingerprint density at radius 2 is 1.77 bits per heavy atom. The predicted octanol–water partition coefficient (Wildman–Crippen LogP) is 3.97. The van der Waals surface area contributed by atoms with Crippen LogP contribution in [0.2, 0.25) is 5.02 Å². The van der Waals surface area contributed by atoms with E-state index in [1.807, 2.05) is 60.8 Å². The number of hydrogen-bond donors (Lipinski definition) is 0. The van der Waals surface area contributed by atoms with E-state index >= 15 is 0 Å². The van der Waals surface area contributed by atoms with Crippen molar-refractivity contribution in [2.45, 2.75) is 11.5 Å². The van der Waals surface area contributed by atoms with E-state index in [0.717, 1.165) is 16.8 Å². The second kappa shape index (κ2) is 6.90. The number of benzene rings is 2. The summed E-state index contributed by atoms with van der Waals surface area (Å²) in [5, 5.41) is 4.99. The highest BCUT2D eigenvalue weighted by Crippen LogP contribution is 2.15. The average molecular weight is 331 g/mol. The summed E-state index contributed by atoms with van der Waals surface area (Å²) >= 11 is 5.95. The monoisotopic (exact) mass is 330 g/mol. The van der Waals surface area contributed by atoms with Crippen molar-refractivity contribution in [3.8, 4) is 5.69 Å². The summed E-state index contributed by atoms with van der Waals surface area (Å²) in [6.07, 6.45) is 3.69. The quantitative estimate of drug-likeness (QED) is 0.709. The van der Waals surface area contributed by atoms with Gasteiger partial charge in [-0.2, -0.15) is 5.10 Å². The molecule has 0 spiro atoms. The van der Waals surface area contributed by atoms with E-state index in [9.17, 15) is 4.21 Å². The number of para-hydroxylation sites is 1. The van der Waals surface area contributed by atoms with Crippen LogP contribution in [0.5, 0.6) is 0 Å². The Morgan fingerprint density at radius 1 is 1.00 bits per heavy atom. The molecule has 3 nitrogen and oxygen atoms in total. The summed E-state index contributed by atoms with van der Waals surface area (Å²) in [6, 6.07) is 17.4. The second-order valence-corrected chi connectivity index (χ2v) is 6.88. The first-order valence-electron chi connectivity index (χ1n) is 6.89. The molecule has 0 aliphatic rings. The molecule has 112 valence electrons. The van der Waals surface area contributed by atoms with Crippen LogP contribution >= 0.6 is 11.6 Å². The third-order valence-corrected chi connectivity index (χ3v) is 4.75. The highest BCUT2D eigenvalue weighted by molar-refractivity contribution is 7.83. The summed E-state index contributed by atoms with van der Waals surface area (Å²) in [5.74, 6) is 0.983. The molecular formula is C17H15ClN2OS. The van der Waals surface area contributed by atoms with Gasteiger partial charge in [0.2, 0.25) is 0 Å². The molecule has 0 N–H and O–H groups in total. The second-order valence-electron chi connectivity index (χ2n) is 4.99. The zero-order valence-electron chi connectivity index (χ0n) is 11.9. The molecule has 0 radical (unpaired) electrons. The van der Waals surface area contributed by atoms with Gasteiger partial charge in [0.15, 0.2) is 0 Å². The third-order valence-electron chi connectivity index (χ3n) is 3.20. The average Bonchev–Trinajstić information content (AvgIpc) is 2.96. The Kier molecular flexibility index (Phi) is 4.71.